The molecule has 0 bridgehead atoms. The van der Waals surface area contributed by atoms with E-state index in [2.05, 4.69) is 25.7 Å². The molecule has 0 amide bonds. The lowest BCUT2D eigenvalue weighted by Gasteiger charge is -2.16. The molecule has 72 valence electrons. The lowest BCUT2D eigenvalue weighted by Crippen LogP contribution is -2.25. The first-order chi connectivity index (χ1) is 5.56. The van der Waals surface area contributed by atoms with Crippen LogP contribution in [0.4, 0.5) is 0 Å². The molecule has 12 heavy (non-hydrogen) atoms. The summed E-state index contributed by atoms with van der Waals surface area (Å²) in [4.78, 5) is 0. The van der Waals surface area contributed by atoms with Crippen LogP contribution >= 0.6 is 0 Å². The maximum atomic E-state index is 9.04. The molecule has 0 fully saturated rings. The molecule has 0 rings (SSSR count). The summed E-state index contributed by atoms with van der Waals surface area (Å²) < 4.78 is 0. The Morgan fingerprint density at radius 1 is 1.42 bits per heavy atom. The fourth-order valence-corrected chi connectivity index (χ4v) is 1.01. The van der Waals surface area contributed by atoms with Crippen LogP contribution in [0.5, 0.6) is 0 Å². The number of rotatable bonds is 6. The van der Waals surface area contributed by atoms with Crippen LogP contribution in [0.3, 0.4) is 0 Å². The molecule has 0 aromatic carbocycles. The molecule has 0 spiro atoms. The summed E-state index contributed by atoms with van der Waals surface area (Å²) in [7, 11) is 0. The minimum absolute atomic E-state index is 0.191. The minimum Gasteiger partial charge on any atom is -0.393 e. The third kappa shape index (κ3) is 6.23. The van der Waals surface area contributed by atoms with E-state index >= 15 is 0 Å². The molecule has 0 aliphatic rings. The van der Waals surface area contributed by atoms with Crippen molar-refractivity contribution < 1.29 is 5.11 Å². The highest BCUT2D eigenvalue weighted by Gasteiger charge is 2.03. The molecule has 0 saturated heterocycles. The van der Waals surface area contributed by atoms with Crippen molar-refractivity contribution in [1.29, 1.82) is 0 Å². The van der Waals surface area contributed by atoms with Gasteiger partial charge in [0.25, 0.3) is 0 Å². The molecule has 0 aliphatic heterocycles. The Kier molecular flexibility index (Phi) is 5.81. The molecule has 0 heterocycles. The molecule has 0 saturated carbocycles. The Balaban J connectivity index is 3.45. The van der Waals surface area contributed by atoms with Gasteiger partial charge in [-0.25, -0.2) is 0 Å². The van der Waals surface area contributed by atoms with Crippen molar-refractivity contribution in [2.45, 2.75) is 52.2 Å². The van der Waals surface area contributed by atoms with E-state index in [1.54, 1.807) is 0 Å². The monoisotopic (exact) mass is 171 g/mol. The SMILES string of the molecule is C=C(CC)NC(C)CCC(C)O. The fraction of sp³-hybridized carbons (Fsp3) is 0.800. The molecule has 0 aromatic rings. The zero-order chi connectivity index (χ0) is 9.56. The summed E-state index contributed by atoms with van der Waals surface area (Å²) in [6, 6.07) is 0.423. The molecule has 2 unspecified atom stereocenters. The Morgan fingerprint density at radius 2 is 2.00 bits per heavy atom. The van der Waals surface area contributed by atoms with Gasteiger partial charge in [0.05, 0.1) is 6.10 Å². The lowest BCUT2D eigenvalue weighted by atomic mass is 10.1. The second-order valence-corrected chi connectivity index (χ2v) is 3.43. The number of hydrogen-bond donors (Lipinski definition) is 2. The van der Waals surface area contributed by atoms with E-state index in [-0.39, 0.29) is 6.10 Å². The Labute approximate surface area is 75.7 Å². The lowest BCUT2D eigenvalue weighted by molar-refractivity contribution is 0.177. The van der Waals surface area contributed by atoms with Gasteiger partial charge in [-0.05, 0) is 33.1 Å². The molecule has 0 aliphatic carbocycles. The Morgan fingerprint density at radius 3 is 2.42 bits per heavy atom. The zero-order valence-corrected chi connectivity index (χ0v) is 8.43. The van der Waals surface area contributed by atoms with E-state index in [9.17, 15) is 0 Å². The first-order valence-corrected chi connectivity index (χ1v) is 4.68. The van der Waals surface area contributed by atoms with Gasteiger partial charge < -0.3 is 10.4 Å². The second-order valence-electron chi connectivity index (χ2n) is 3.43. The van der Waals surface area contributed by atoms with E-state index in [1.807, 2.05) is 6.92 Å². The quantitative estimate of drug-likeness (QED) is 0.641. The topological polar surface area (TPSA) is 32.3 Å². The van der Waals surface area contributed by atoms with Crippen molar-refractivity contribution in [2.24, 2.45) is 0 Å². The van der Waals surface area contributed by atoms with E-state index in [0.29, 0.717) is 6.04 Å². The predicted octanol–water partition coefficient (Wildman–Crippen LogP) is 2.05. The first kappa shape index (κ1) is 11.5. The highest BCUT2D eigenvalue weighted by Crippen LogP contribution is 2.03. The molecule has 0 radical (unpaired) electrons. The smallest absolute Gasteiger partial charge is 0.0512 e. The third-order valence-electron chi connectivity index (χ3n) is 1.89. The standard InChI is InChI=1S/C10H21NO/c1-5-8(2)11-9(3)6-7-10(4)12/h9-12H,2,5-7H2,1,3-4H3. The number of allylic oxidation sites excluding steroid dienone is 1. The van der Waals surface area contributed by atoms with Crippen LogP contribution in [0.15, 0.2) is 12.3 Å². The minimum atomic E-state index is -0.191. The van der Waals surface area contributed by atoms with Gasteiger partial charge in [0.15, 0.2) is 0 Å². The molecule has 2 nitrogen and oxygen atoms in total. The number of hydrogen-bond acceptors (Lipinski definition) is 2. The van der Waals surface area contributed by atoms with Crippen LogP contribution in [-0.2, 0) is 0 Å². The van der Waals surface area contributed by atoms with Crippen LogP contribution in [0.2, 0.25) is 0 Å². The van der Waals surface area contributed by atoms with E-state index < -0.39 is 0 Å². The van der Waals surface area contributed by atoms with Gasteiger partial charge in [-0.15, -0.1) is 0 Å². The normalized spacial score (nSPS) is 15.3. The van der Waals surface area contributed by atoms with E-state index in [4.69, 9.17) is 5.11 Å². The van der Waals surface area contributed by atoms with Crippen molar-refractivity contribution >= 4 is 0 Å². The molecular formula is C10H21NO. The second kappa shape index (κ2) is 6.06. The van der Waals surface area contributed by atoms with Crippen LogP contribution in [0.25, 0.3) is 0 Å². The summed E-state index contributed by atoms with van der Waals surface area (Å²) in [5, 5.41) is 12.3. The van der Waals surface area contributed by atoms with Crippen molar-refractivity contribution in [3.05, 3.63) is 12.3 Å². The molecular weight excluding hydrogens is 150 g/mol. The van der Waals surface area contributed by atoms with Crippen LogP contribution in [0, 0.1) is 0 Å². The Bertz CT molecular complexity index is 132. The molecule has 2 heteroatoms. The van der Waals surface area contributed by atoms with Gasteiger partial charge in [-0.2, -0.15) is 0 Å². The van der Waals surface area contributed by atoms with Crippen LogP contribution < -0.4 is 5.32 Å². The van der Waals surface area contributed by atoms with Crippen LogP contribution in [0.1, 0.15) is 40.0 Å². The number of aliphatic hydroxyl groups is 1. The summed E-state index contributed by atoms with van der Waals surface area (Å²) in [5.74, 6) is 0. The first-order valence-electron chi connectivity index (χ1n) is 4.68. The maximum absolute atomic E-state index is 9.04. The average molecular weight is 171 g/mol. The predicted molar refractivity (Wildman–Crippen MR) is 52.9 cm³/mol. The van der Waals surface area contributed by atoms with Gasteiger partial charge in [-0.3, -0.25) is 0 Å². The van der Waals surface area contributed by atoms with Crippen molar-refractivity contribution in [2.75, 3.05) is 0 Å². The largest absolute Gasteiger partial charge is 0.393 e. The van der Waals surface area contributed by atoms with Gasteiger partial charge in [0, 0.05) is 11.7 Å². The highest BCUT2D eigenvalue weighted by atomic mass is 16.3. The molecule has 2 N–H and O–H groups in total. The Hall–Kier alpha value is -0.500. The summed E-state index contributed by atoms with van der Waals surface area (Å²) in [6.07, 6.45) is 2.63. The van der Waals surface area contributed by atoms with Crippen LogP contribution in [-0.4, -0.2) is 17.3 Å². The number of nitrogens with one attached hydrogen (secondary N) is 1. The van der Waals surface area contributed by atoms with E-state index in [0.717, 1.165) is 25.0 Å². The molecule has 2 atom stereocenters. The zero-order valence-electron chi connectivity index (χ0n) is 8.43. The summed E-state index contributed by atoms with van der Waals surface area (Å²) in [5.41, 5.74) is 1.08. The fourth-order valence-electron chi connectivity index (χ4n) is 1.01. The third-order valence-corrected chi connectivity index (χ3v) is 1.89. The molecule has 0 aromatic heterocycles. The summed E-state index contributed by atoms with van der Waals surface area (Å²) in [6.45, 7) is 9.88. The van der Waals surface area contributed by atoms with Gasteiger partial charge >= 0.3 is 0 Å². The van der Waals surface area contributed by atoms with Crippen molar-refractivity contribution in [1.82, 2.24) is 5.32 Å². The highest BCUT2D eigenvalue weighted by molar-refractivity contribution is 4.91. The van der Waals surface area contributed by atoms with Gasteiger partial charge in [0.1, 0.15) is 0 Å². The van der Waals surface area contributed by atoms with Crippen molar-refractivity contribution in [3.8, 4) is 0 Å². The maximum Gasteiger partial charge on any atom is 0.0512 e. The van der Waals surface area contributed by atoms with Crippen molar-refractivity contribution in [3.63, 3.8) is 0 Å². The number of aliphatic hydroxyl groups excluding tert-OH is 1. The summed E-state index contributed by atoms with van der Waals surface area (Å²) >= 11 is 0. The average Bonchev–Trinajstić information content (AvgIpc) is 2.00. The van der Waals surface area contributed by atoms with Gasteiger partial charge in [0.2, 0.25) is 0 Å². The van der Waals surface area contributed by atoms with E-state index in [1.165, 1.54) is 0 Å². The van der Waals surface area contributed by atoms with Gasteiger partial charge in [-0.1, -0.05) is 13.5 Å².